The highest BCUT2D eigenvalue weighted by Crippen LogP contribution is 2.23. The van der Waals surface area contributed by atoms with Gasteiger partial charge >= 0.3 is 0 Å². The van der Waals surface area contributed by atoms with Crippen LogP contribution in [-0.4, -0.2) is 47.1 Å². The summed E-state index contributed by atoms with van der Waals surface area (Å²) in [5.74, 6) is 0.261. The summed E-state index contributed by atoms with van der Waals surface area (Å²) in [6, 6.07) is 16.3. The van der Waals surface area contributed by atoms with Crippen molar-refractivity contribution in [2.24, 2.45) is 0 Å². The number of ether oxygens (including phenoxy) is 1. The molecule has 0 radical (unpaired) electrons. The summed E-state index contributed by atoms with van der Waals surface area (Å²) in [6.07, 6.45) is 2.44. The molecule has 0 spiro atoms. The van der Waals surface area contributed by atoms with E-state index in [0.717, 1.165) is 24.8 Å². The highest BCUT2D eigenvalue weighted by Gasteiger charge is 2.28. The first-order chi connectivity index (χ1) is 14.5. The molecule has 2 amide bonds. The van der Waals surface area contributed by atoms with Crippen molar-refractivity contribution in [3.63, 3.8) is 0 Å². The molecule has 6 heteroatoms. The number of aliphatic hydroxyl groups excluding tert-OH is 1. The Morgan fingerprint density at radius 2 is 1.70 bits per heavy atom. The highest BCUT2D eigenvalue weighted by atomic mass is 16.5. The van der Waals surface area contributed by atoms with Gasteiger partial charge in [0, 0.05) is 24.2 Å². The van der Waals surface area contributed by atoms with E-state index in [1.807, 2.05) is 35.2 Å². The Bertz CT molecular complexity index is 828. The number of hydrogen-bond acceptors (Lipinski definition) is 4. The van der Waals surface area contributed by atoms with Gasteiger partial charge in [0.25, 0.3) is 11.8 Å². The second kappa shape index (κ2) is 10.3. The van der Waals surface area contributed by atoms with Crippen LogP contribution >= 0.6 is 0 Å². The van der Waals surface area contributed by atoms with E-state index in [9.17, 15) is 14.7 Å². The minimum absolute atomic E-state index is 0.00795. The third kappa shape index (κ3) is 5.60. The number of rotatable bonds is 7. The van der Waals surface area contributed by atoms with Gasteiger partial charge < -0.3 is 20.1 Å². The number of piperidine rings is 1. The largest absolute Gasteiger partial charge is 0.484 e. The van der Waals surface area contributed by atoms with E-state index in [2.05, 4.69) is 19.2 Å². The normalized spacial score (nSPS) is 19.8. The predicted octanol–water partition coefficient (Wildman–Crippen LogP) is 3.32. The van der Waals surface area contributed by atoms with Crippen LogP contribution in [0.3, 0.4) is 0 Å². The monoisotopic (exact) mass is 410 g/mol. The topological polar surface area (TPSA) is 78.9 Å². The van der Waals surface area contributed by atoms with E-state index < -0.39 is 6.10 Å². The SMILES string of the molecule is CC1CCCC(C)N1C(=O)COc1ccc(C(=O)NCC(O)c2ccccc2)cc1. The summed E-state index contributed by atoms with van der Waals surface area (Å²) >= 11 is 0. The van der Waals surface area contributed by atoms with Crippen molar-refractivity contribution in [1.29, 1.82) is 0 Å². The Hall–Kier alpha value is -2.86. The number of likely N-dealkylation sites (tertiary alicyclic amines) is 1. The average Bonchev–Trinajstić information content (AvgIpc) is 2.76. The molecular weight excluding hydrogens is 380 g/mol. The van der Waals surface area contributed by atoms with Gasteiger partial charge in [0.15, 0.2) is 6.61 Å². The van der Waals surface area contributed by atoms with E-state index in [1.165, 1.54) is 0 Å². The first kappa shape index (κ1) is 21.8. The number of carbonyl (C=O) groups is 2. The number of carbonyl (C=O) groups excluding carboxylic acids is 2. The first-order valence-corrected chi connectivity index (χ1v) is 10.5. The van der Waals surface area contributed by atoms with Gasteiger partial charge in [0.05, 0.1) is 6.10 Å². The van der Waals surface area contributed by atoms with Crippen LogP contribution in [0, 0.1) is 0 Å². The zero-order chi connectivity index (χ0) is 21.5. The van der Waals surface area contributed by atoms with Crippen LogP contribution in [0.4, 0.5) is 0 Å². The molecule has 1 heterocycles. The van der Waals surface area contributed by atoms with Crippen LogP contribution in [0.1, 0.15) is 55.1 Å². The summed E-state index contributed by atoms with van der Waals surface area (Å²) in [5.41, 5.74) is 1.22. The molecule has 2 aromatic rings. The predicted molar refractivity (Wildman–Crippen MR) is 115 cm³/mol. The molecule has 30 heavy (non-hydrogen) atoms. The fourth-order valence-electron chi connectivity index (χ4n) is 3.92. The lowest BCUT2D eigenvalue weighted by Gasteiger charge is -2.38. The average molecular weight is 411 g/mol. The van der Waals surface area contributed by atoms with E-state index in [1.54, 1.807) is 24.3 Å². The summed E-state index contributed by atoms with van der Waals surface area (Å²) < 4.78 is 5.65. The minimum atomic E-state index is -0.761. The lowest BCUT2D eigenvalue weighted by atomic mass is 9.97. The fraction of sp³-hybridized carbons (Fsp3) is 0.417. The molecule has 160 valence electrons. The Balaban J connectivity index is 1.48. The molecular formula is C24H30N2O4. The zero-order valence-corrected chi connectivity index (χ0v) is 17.6. The van der Waals surface area contributed by atoms with Crippen LogP contribution in [0.5, 0.6) is 5.75 Å². The van der Waals surface area contributed by atoms with Crippen LogP contribution in [0.15, 0.2) is 54.6 Å². The van der Waals surface area contributed by atoms with Gasteiger partial charge in [-0.2, -0.15) is 0 Å². The lowest BCUT2D eigenvalue weighted by Crippen LogP contribution is -2.49. The van der Waals surface area contributed by atoms with Gasteiger partial charge in [-0.25, -0.2) is 0 Å². The molecule has 3 unspecified atom stereocenters. The van der Waals surface area contributed by atoms with Crippen molar-refractivity contribution in [3.8, 4) is 5.75 Å². The van der Waals surface area contributed by atoms with Crippen LogP contribution < -0.4 is 10.1 Å². The van der Waals surface area contributed by atoms with Crippen LogP contribution in [0.2, 0.25) is 0 Å². The summed E-state index contributed by atoms with van der Waals surface area (Å²) in [4.78, 5) is 26.8. The van der Waals surface area contributed by atoms with Crippen LogP contribution in [0.25, 0.3) is 0 Å². The van der Waals surface area contributed by atoms with Gasteiger partial charge in [-0.3, -0.25) is 9.59 Å². The molecule has 1 aliphatic heterocycles. The quantitative estimate of drug-likeness (QED) is 0.734. The Kier molecular flexibility index (Phi) is 7.46. The van der Waals surface area contributed by atoms with E-state index in [4.69, 9.17) is 4.74 Å². The van der Waals surface area contributed by atoms with Crippen molar-refractivity contribution < 1.29 is 19.4 Å². The summed E-state index contributed by atoms with van der Waals surface area (Å²) in [7, 11) is 0. The zero-order valence-electron chi connectivity index (χ0n) is 17.6. The van der Waals surface area contributed by atoms with Crippen molar-refractivity contribution in [2.45, 2.75) is 51.3 Å². The van der Waals surface area contributed by atoms with E-state index >= 15 is 0 Å². The van der Waals surface area contributed by atoms with Crippen molar-refractivity contribution in [3.05, 3.63) is 65.7 Å². The molecule has 1 aliphatic rings. The molecule has 3 rings (SSSR count). The second-order valence-electron chi connectivity index (χ2n) is 7.88. The number of hydrogen-bond donors (Lipinski definition) is 2. The minimum Gasteiger partial charge on any atom is -0.484 e. The molecule has 2 aromatic carbocycles. The first-order valence-electron chi connectivity index (χ1n) is 10.5. The van der Waals surface area contributed by atoms with Gasteiger partial charge in [-0.15, -0.1) is 0 Å². The molecule has 2 N–H and O–H groups in total. The molecule has 1 saturated heterocycles. The number of nitrogens with one attached hydrogen (secondary N) is 1. The smallest absolute Gasteiger partial charge is 0.260 e. The molecule has 1 fully saturated rings. The van der Waals surface area contributed by atoms with Gasteiger partial charge in [-0.05, 0) is 62.9 Å². The third-order valence-corrected chi connectivity index (χ3v) is 5.60. The van der Waals surface area contributed by atoms with Gasteiger partial charge in [0.1, 0.15) is 5.75 Å². The molecule has 0 aliphatic carbocycles. The lowest BCUT2D eigenvalue weighted by molar-refractivity contribution is -0.139. The number of aliphatic hydroxyl groups is 1. The van der Waals surface area contributed by atoms with Crippen molar-refractivity contribution in [1.82, 2.24) is 10.2 Å². The van der Waals surface area contributed by atoms with Crippen molar-refractivity contribution in [2.75, 3.05) is 13.2 Å². The van der Waals surface area contributed by atoms with E-state index in [0.29, 0.717) is 11.3 Å². The Labute approximate surface area is 177 Å². The third-order valence-electron chi connectivity index (χ3n) is 5.60. The molecule has 6 nitrogen and oxygen atoms in total. The number of nitrogens with zero attached hydrogens (tertiary/aromatic N) is 1. The molecule has 0 saturated carbocycles. The second-order valence-corrected chi connectivity index (χ2v) is 7.88. The number of amides is 2. The standard InChI is InChI=1S/C24H30N2O4/c1-17-7-6-8-18(2)26(17)23(28)16-30-21-13-11-20(12-14-21)24(29)25-15-22(27)19-9-4-3-5-10-19/h3-5,9-14,17-18,22,27H,6-8,15-16H2,1-2H3,(H,25,29). The summed E-state index contributed by atoms with van der Waals surface area (Å²) in [6.45, 7) is 4.27. The highest BCUT2D eigenvalue weighted by molar-refractivity contribution is 5.94. The van der Waals surface area contributed by atoms with E-state index in [-0.39, 0.29) is 37.0 Å². The molecule has 0 aromatic heterocycles. The van der Waals surface area contributed by atoms with Crippen molar-refractivity contribution >= 4 is 11.8 Å². The maximum atomic E-state index is 12.5. The maximum Gasteiger partial charge on any atom is 0.260 e. The fourth-order valence-corrected chi connectivity index (χ4v) is 3.92. The molecule has 3 atom stereocenters. The van der Waals surface area contributed by atoms with Gasteiger partial charge in [0.2, 0.25) is 0 Å². The maximum absolute atomic E-state index is 12.5. The Morgan fingerprint density at radius 1 is 1.07 bits per heavy atom. The summed E-state index contributed by atoms with van der Waals surface area (Å²) in [5, 5.41) is 12.9. The van der Waals surface area contributed by atoms with Gasteiger partial charge in [-0.1, -0.05) is 30.3 Å². The molecule has 0 bridgehead atoms. The Morgan fingerprint density at radius 3 is 2.33 bits per heavy atom. The van der Waals surface area contributed by atoms with Crippen LogP contribution in [-0.2, 0) is 4.79 Å². The number of benzene rings is 2.